The topological polar surface area (TPSA) is 17.0 Å². The lowest BCUT2D eigenvalue weighted by Crippen LogP contribution is -2.27. The molecule has 0 radical (unpaired) electrons. The van der Waals surface area contributed by atoms with Gasteiger partial charge in [0.25, 0.3) is 0 Å². The molecule has 0 amide bonds. The van der Waals surface area contributed by atoms with Gasteiger partial charge >= 0.3 is 0 Å². The molecule has 0 atom stereocenters. The van der Waals surface area contributed by atoms with Gasteiger partial charge in [0.1, 0.15) is 5.82 Å². The van der Waals surface area contributed by atoms with Crippen molar-refractivity contribution in [1.29, 1.82) is 0 Å². The Bertz CT molecular complexity index is 533. The van der Waals surface area contributed by atoms with E-state index < -0.39 is 0 Å². The lowest BCUT2D eigenvalue weighted by atomic mass is 10.2. The molecule has 1 aliphatic rings. The van der Waals surface area contributed by atoms with Crippen molar-refractivity contribution >= 4 is 22.5 Å². The lowest BCUT2D eigenvalue weighted by molar-refractivity contribution is 0.526. The third-order valence-corrected chi connectivity index (χ3v) is 3.29. The van der Waals surface area contributed by atoms with Crippen molar-refractivity contribution in [3.05, 3.63) is 34.7 Å². The normalized spacial score (nSPS) is 15.6. The first kappa shape index (κ1) is 9.19. The molecular formula is C11H10ClFN2. The summed E-state index contributed by atoms with van der Waals surface area (Å²) in [6.45, 7) is 2.51. The van der Waals surface area contributed by atoms with Gasteiger partial charge in [-0.05, 0) is 18.2 Å². The van der Waals surface area contributed by atoms with Gasteiger partial charge in [-0.1, -0.05) is 11.6 Å². The van der Waals surface area contributed by atoms with Crippen LogP contribution in [-0.4, -0.2) is 11.1 Å². The molecule has 3 rings (SSSR count). The van der Waals surface area contributed by atoms with Gasteiger partial charge in [0.15, 0.2) is 0 Å². The average Bonchev–Trinajstić information content (AvgIpc) is 2.54. The Kier molecular flexibility index (Phi) is 1.97. The standard InChI is InChI=1S/C11H10ClFN2/c12-11-8-2-1-7(13)5-9(8)15-4-3-14-6-10(11)15/h1-2,5,14H,3-4,6H2. The molecular weight excluding hydrogens is 215 g/mol. The van der Waals surface area contributed by atoms with Gasteiger partial charge in [0.2, 0.25) is 0 Å². The first-order chi connectivity index (χ1) is 7.27. The number of benzene rings is 1. The molecule has 0 aliphatic carbocycles. The molecule has 2 aromatic rings. The maximum absolute atomic E-state index is 13.1. The average molecular weight is 225 g/mol. The fourth-order valence-corrected chi connectivity index (χ4v) is 2.49. The second-order valence-corrected chi connectivity index (χ2v) is 4.13. The molecule has 1 aromatic carbocycles. The summed E-state index contributed by atoms with van der Waals surface area (Å²) in [6.07, 6.45) is 0. The molecule has 0 saturated heterocycles. The summed E-state index contributed by atoms with van der Waals surface area (Å²) < 4.78 is 15.2. The summed E-state index contributed by atoms with van der Waals surface area (Å²) >= 11 is 6.24. The highest BCUT2D eigenvalue weighted by Crippen LogP contribution is 2.32. The van der Waals surface area contributed by atoms with E-state index in [1.165, 1.54) is 6.07 Å². The molecule has 2 nitrogen and oxygen atoms in total. The van der Waals surface area contributed by atoms with Crippen LogP contribution in [0, 0.1) is 5.82 Å². The zero-order valence-corrected chi connectivity index (χ0v) is 8.81. The van der Waals surface area contributed by atoms with Crippen molar-refractivity contribution in [1.82, 2.24) is 9.88 Å². The summed E-state index contributed by atoms with van der Waals surface area (Å²) in [5.74, 6) is -0.210. The van der Waals surface area contributed by atoms with Crippen LogP contribution in [0.2, 0.25) is 5.02 Å². The largest absolute Gasteiger partial charge is 0.341 e. The number of halogens is 2. The second-order valence-electron chi connectivity index (χ2n) is 3.75. The van der Waals surface area contributed by atoms with Crippen LogP contribution in [0.4, 0.5) is 4.39 Å². The molecule has 15 heavy (non-hydrogen) atoms. The SMILES string of the molecule is Fc1ccc2c(Cl)c3n(c2c1)CCNC3. The predicted molar refractivity (Wildman–Crippen MR) is 58.6 cm³/mol. The maximum atomic E-state index is 13.1. The van der Waals surface area contributed by atoms with Crippen molar-refractivity contribution in [3.63, 3.8) is 0 Å². The minimum absolute atomic E-state index is 0.210. The van der Waals surface area contributed by atoms with Gasteiger partial charge in [-0.2, -0.15) is 0 Å². The van der Waals surface area contributed by atoms with Crippen LogP contribution in [0.3, 0.4) is 0 Å². The van der Waals surface area contributed by atoms with E-state index in [1.54, 1.807) is 12.1 Å². The molecule has 0 saturated carbocycles. The summed E-state index contributed by atoms with van der Waals surface area (Å²) in [7, 11) is 0. The number of nitrogens with zero attached hydrogens (tertiary/aromatic N) is 1. The highest BCUT2D eigenvalue weighted by Gasteiger charge is 2.18. The van der Waals surface area contributed by atoms with Crippen molar-refractivity contribution < 1.29 is 4.39 Å². The second kappa shape index (κ2) is 3.22. The molecule has 0 unspecified atom stereocenters. The van der Waals surface area contributed by atoms with Crippen LogP contribution < -0.4 is 5.32 Å². The van der Waals surface area contributed by atoms with E-state index in [1.807, 2.05) is 0 Å². The minimum atomic E-state index is -0.210. The van der Waals surface area contributed by atoms with Gasteiger partial charge in [0, 0.05) is 25.0 Å². The molecule has 0 spiro atoms. The highest BCUT2D eigenvalue weighted by molar-refractivity contribution is 6.36. The summed E-state index contributed by atoms with van der Waals surface area (Å²) in [4.78, 5) is 0. The van der Waals surface area contributed by atoms with Crippen LogP contribution in [-0.2, 0) is 13.1 Å². The molecule has 0 fully saturated rings. The molecule has 4 heteroatoms. The zero-order chi connectivity index (χ0) is 10.4. The monoisotopic (exact) mass is 224 g/mol. The Morgan fingerprint density at radius 2 is 2.27 bits per heavy atom. The van der Waals surface area contributed by atoms with Crippen LogP contribution in [0.5, 0.6) is 0 Å². The first-order valence-electron chi connectivity index (χ1n) is 4.94. The third kappa shape index (κ3) is 1.27. The van der Waals surface area contributed by atoms with Crippen LogP contribution >= 0.6 is 11.6 Å². The van der Waals surface area contributed by atoms with E-state index in [2.05, 4.69) is 9.88 Å². The Morgan fingerprint density at radius 1 is 1.40 bits per heavy atom. The zero-order valence-electron chi connectivity index (χ0n) is 8.06. The third-order valence-electron chi connectivity index (χ3n) is 2.87. The van der Waals surface area contributed by atoms with Crippen molar-refractivity contribution in [2.45, 2.75) is 13.1 Å². The molecule has 78 valence electrons. The fourth-order valence-electron chi connectivity index (χ4n) is 2.16. The fraction of sp³-hybridized carbons (Fsp3) is 0.273. The molecule has 1 N–H and O–H groups in total. The van der Waals surface area contributed by atoms with E-state index in [9.17, 15) is 4.39 Å². The van der Waals surface area contributed by atoms with E-state index in [0.29, 0.717) is 0 Å². The van der Waals surface area contributed by atoms with Crippen molar-refractivity contribution in [2.75, 3.05) is 6.54 Å². The first-order valence-corrected chi connectivity index (χ1v) is 5.32. The summed E-state index contributed by atoms with van der Waals surface area (Å²) in [5.41, 5.74) is 1.96. The molecule has 1 aliphatic heterocycles. The Labute approximate surface area is 91.6 Å². The lowest BCUT2D eigenvalue weighted by Gasteiger charge is -2.17. The minimum Gasteiger partial charge on any atom is -0.341 e. The van der Waals surface area contributed by atoms with Gasteiger partial charge in [-0.15, -0.1) is 0 Å². The van der Waals surface area contributed by atoms with Gasteiger partial charge < -0.3 is 9.88 Å². The number of rotatable bonds is 0. The van der Waals surface area contributed by atoms with E-state index in [0.717, 1.165) is 41.3 Å². The number of hydrogen-bond acceptors (Lipinski definition) is 1. The Morgan fingerprint density at radius 3 is 3.13 bits per heavy atom. The van der Waals surface area contributed by atoms with Crippen molar-refractivity contribution in [3.8, 4) is 0 Å². The van der Waals surface area contributed by atoms with Gasteiger partial charge in [-0.25, -0.2) is 4.39 Å². The number of fused-ring (bicyclic) bond motifs is 3. The number of hydrogen-bond donors (Lipinski definition) is 1. The van der Waals surface area contributed by atoms with E-state index in [-0.39, 0.29) is 5.82 Å². The molecule has 0 bridgehead atoms. The van der Waals surface area contributed by atoms with Crippen LogP contribution in [0.1, 0.15) is 5.69 Å². The van der Waals surface area contributed by atoms with Gasteiger partial charge in [0.05, 0.1) is 16.2 Å². The maximum Gasteiger partial charge on any atom is 0.125 e. The molecule has 2 heterocycles. The number of aromatic nitrogens is 1. The smallest absolute Gasteiger partial charge is 0.125 e. The predicted octanol–water partition coefficient (Wildman–Crippen LogP) is 2.54. The Balaban J connectivity index is 2.39. The van der Waals surface area contributed by atoms with E-state index in [4.69, 9.17) is 11.6 Å². The van der Waals surface area contributed by atoms with Gasteiger partial charge in [-0.3, -0.25) is 0 Å². The summed E-state index contributed by atoms with van der Waals surface area (Å²) in [5, 5.41) is 4.95. The Hall–Kier alpha value is -1.06. The summed E-state index contributed by atoms with van der Waals surface area (Å²) in [6, 6.07) is 4.75. The van der Waals surface area contributed by atoms with Crippen LogP contribution in [0.25, 0.3) is 10.9 Å². The van der Waals surface area contributed by atoms with E-state index >= 15 is 0 Å². The van der Waals surface area contributed by atoms with Crippen LogP contribution in [0.15, 0.2) is 18.2 Å². The highest BCUT2D eigenvalue weighted by atomic mass is 35.5. The molecule has 1 aromatic heterocycles. The van der Waals surface area contributed by atoms with Crippen molar-refractivity contribution in [2.24, 2.45) is 0 Å². The quantitative estimate of drug-likeness (QED) is 0.728. The number of nitrogens with one attached hydrogen (secondary N) is 1.